The van der Waals surface area contributed by atoms with Crippen molar-refractivity contribution >= 4 is 99.5 Å². The van der Waals surface area contributed by atoms with Crippen molar-refractivity contribution in [1.82, 2.24) is 0 Å². The van der Waals surface area contributed by atoms with Crippen molar-refractivity contribution in [2.24, 2.45) is 0 Å². The van der Waals surface area contributed by atoms with Gasteiger partial charge in [-0.15, -0.1) is 0 Å². The number of anilines is 6. The van der Waals surface area contributed by atoms with Gasteiger partial charge in [0, 0.05) is 55.7 Å². The first-order valence-corrected chi connectivity index (χ1v) is 22.9. The smallest absolute Gasteiger partial charge is 0.178 e. The highest BCUT2D eigenvalue weighted by Crippen LogP contribution is 2.46. The summed E-state index contributed by atoms with van der Waals surface area (Å²) in [6.07, 6.45) is 0. The maximum Gasteiger partial charge on any atom is 0.178 e. The summed E-state index contributed by atoms with van der Waals surface area (Å²) in [4.78, 5) is 4.77. The summed E-state index contributed by atoms with van der Waals surface area (Å²) in [5.74, 6) is 0.263. The average Bonchev–Trinajstić information content (AvgIpc) is 3.78. The molecule has 0 spiro atoms. The monoisotopic (exact) mass is 846 g/mol. The maximum atomic E-state index is 7.00. The van der Waals surface area contributed by atoms with Crippen molar-refractivity contribution < 1.29 is 8.83 Å². The molecule has 0 aliphatic heterocycles. The first kappa shape index (κ1) is 40.5. The van der Waals surface area contributed by atoms with Gasteiger partial charge in [0.1, 0.15) is 11.2 Å². The number of furan rings is 2. The molecule has 4 nitrogen and oxygen atoms in total. The van der Waals surface area contributed by atoms with Gasteiger partial charge in [0.2, 0.25) is 0 Å². The van der Waals surface area contributed by atoms with Crippen LogP contribution in [0.3, 0.4) is 0 Å². The Morgan fingerprint density at radius 3 is 1.09 bits per heavy atom. The van der Waals surface area contributed by atoms with Crippen LogP contribution in [0.15, 0.2) is 148 Å². The van der Waals surface area contributed by atoms with Crippen molar-refractivity contribution in [3.8, 4) is 0 Å². The van der Waals surface area contributed by atoms with E-state index in [0.717, 1.165) is 88.8 Å². The molecule has 0 saturated carbocycles. The van der Waals surface area contributed by atoms with Crippen molar-refractivity contribution in [2.75, 3.05) is 9.80 Å². The minimum Gasteiger partial charge on any atom is -0.452 e. The molecule has 320 valence electrons. The predicted molar refractivity (Wildman–Crippen MR) is 277 cm³/mol. The van der Waals surface area contributed by atoms with Crippen LogP contribution in [0.25, 0.3) is 65.4 Å². The summed E-state index contributed by atoms with van der Waals surface area (Å²) >= 11 is 0. The van der Waals surface area contributed by atoms with E-state index >= 15 is 0 Å². The van der Waals surface area contributed by atoms with E-state index in [0.29, 0.717) is 0 Å². The largest absolute Gasteiger partial charge is 0.452 e. The maximum absolute atomic E-state index is 7.00. The zero-order valence-electron chi connectivity index (χ0n) is 39.1. The SMILES string of the molecule is Cc1cc(C)cc(N(c2cc(C)cc(C)c2)c2ccc3cc4c(cc3c2)oc2c4cc(C(C)C)c3c4cc5ccc(N(c6cc(C)cc(C)c6)c6cc(C)cc(C)c6)cc5cc4oc23)c1. The van der Waals surface area contributed by atoms with E-state index in [4.69, 9.17) is 8.83 Å². The Hall–Kier alpha value is -7.30. The molecular weight excluding hydrogens is 793 g/mol. The molecular formula is C61H54N2O2. The van der Waals surface area contributed by atoms with Gasteiger partial charge >= 0.3 is 0 Å². The number of rotatable bonds is 7. The second kappa shape index (κ2) is 15.2. The van der Waals surface area contributed by atoms with Crippen molar-refractivity contribution in [2.45, 2.75) is 75.2 Å². The van der Waals surface area contributed by atoms with Crippen molar-refractivity contribution in [1.29, 1.82) is 0 Å². The summed E-state index contributed by atoms with van der Waals surface area (Å²) in [6.45, 7) is 21.9. The molecule has 0 aliphatic carbocycles. The van der Waals surface area contributed by atoms with Crippen LogP contribution < -0.4 is 9.80 Å². The fourth-order valence-corrected chi connectivity index (χ4v) is 10.6. The summed E-state index contributed by atoms with van der Waals surface area (Å²) in [6, 6.07) is 52.2. The van der Waals surface area contributed by atoms with E-state index < -0.39 is 0 Å². The first-order chi connectivity index (χ1) is 31.2. The third kappa shape index (κ3) is 7.09. The molecule has 0 unspecified atom stereocenters. The highest BCUT2D eigenvalue weighted by Gasteiger charge is 2.23. The van der Waals surface area contributed by atoms with Crippen LogP contribution in [0.1, 0.15) is 69.8 Å². The molecule has 2 heterocycles. The molecule has 9 aromatic carbocycles. The van der Waals surface area contributed by atoms with Crippen LogP contribution in [-0.4, -0.2) is 0 Å². The number of benzene rings is 9. The van der Waals surface area contributed by atoms with Crippen molar-refractivity contribution in [3.05, 3.63) is 190 Å². The van der Waals surface area contributed by atoms with Gasteiger partial charge in [-0.2, -0.15) is 0 Å². The minimum absolute atomic E-state index is 0.263. The fourth-order valence-electron chi connectivity index (χ4n) is 10.6. The molecule has 0 fully saturated rings. The molecule has 0 radical (unpaired) electrons. The van der Waals surface area contributed by atoms with Crippen molar-refractivity contribution in [3.63, 3.8) is 0 Å². The van der Waals surface area contributed by atoms with Gasteiger partial charge in [0.05, 0.1) is 0 Å². The second-order valence-electron chi connectivity index (χ2n) is 19.2. The summed E-state index contributed by atoms with van der Waals surface area (Å²) < 4.78 is 13.9. The summed E-state index contributed by atoms with van der Waals surface area (Å²) in [5.41, 5.74) is 21.3. The molecule has 0 saturated heterocycles. The van der Waals surface area contributed by atoms with Crippen LogP contribution in [0.4, 0.5) is 34.1 Å². The predicted octanol–water partition coefficient (Wildman–Crippen LogP) is 18.3. The van der Waals surface area contributed by atoms with E-state index in [9.17, 15) is 0 Å². The molecule has 11 aromatic rings. The molecule has 0 amide bonds. The molecule has 2 aromatic heterocycles. The summed E-state index contributed by atoms with van der Waals surface area (Å²) in [5, 5.41) is 8.99. The quantitative estimate of drug-likeness (QED) is 0.160. The number of fused-ring (bicyclic) bond motifs is 9. The molecule has 11 rings (SSSR count). The number of aryl methyl sites for hydroxylation is 8. The van der Waals surface area contributed by atoms with Crippen LogP contribution in [-0.2, 0) is 0 Å². The van der Waals surface area contributed by atoms with Crippen LogP contribution in [0.2, 0.25) is 0 Å². The topological polar surface area (TPSA) is 32.8 Å². The lowest BCUT2D eigenvalue weighted by Gasteiger charge is -2.27. The molecule has 0 bridgehead atoms. The highest BCUT2D eigenvalue weighted by molar-refractivity contribution is 6.23. The normalized spacial score (nSPS) is 12.0. The van der Waals surface area contributed by atoms with Gasteiger partial charge in [0.25, 0.3) is 0 Å². The Kier molecular flexibility index (Phi) is 9.44. The Bertz CT molecular complexity index is 3570. The standard InChI is InChI=1S/C61H54N2O2/c1-34(2)53-33-55-54-29-43-11-13-47(62(49-19-35(3)15-36(4)20-49)50-21-37(5)16-38(6)22-50)27-45(43)31-57(54)64-60(55)61-59(53)56-30-44-12-14-48(28-46(44)32-58(56)65-61)63(51-23-39(7)17-40(8)24-51)52-25-41(9)18-42(10)26-52/h11-34H,1-10H3. The third-order valence-electron chi connectivity index (χ3n) is 13.1. The van der Waals surface area contributed by atoms with Gasteiger partial charge < -0.3 is 18.6 Å². The first-order valence-electron chi connectivity index (χ1n) is 22.9. The molecule has 0 aliphatic rings. The minimum atomic E-state index is 0.263. The Morgan fingerprint density at radius 2 is 0.692 bits per heavy atom. The summed E-state index contributed by atoms with van der Waals surface area (Å²) in [7, 11) is 0. The van der Waals surface area contributed by atoms with E-state index in [-0.39, 0.29) is 5.92 Å². The van der Waals surface area contributed by atoms with Gasteiger partial charge in [-0.1, -0.05) is 50.2 Å². The van der Waals surface area contributed by atoms with Crippen LogP contribution in [0.5, 0.6) is 0 Å². The van der Waals surface area contributed by atoms with Gasteiger partial charge in [0.15, 0.2) is 11.2 Å². The lowest BCUT2D eigenvalue weighted by molar-refractivity contribution is 0.633. The molecule has 0 N–H and O–H groups in total. The Labute approximate surface area is 381 Å². The van der Waals surface area contributed by atoms with Gasteiger partial charge in [-0.25, -0.2) is 0 Å². The molecule has 4 heteroatoms. The Balaban J connectivity index is 1.08. The van der Waals surface area contributed by atoms with Gasteiger partial charge in [-0.3, -0.25) is 0 Å². The highest BCUT2D eigenvalue weighted by atomic mass is 16.4. The van der Waals surface area contributed by atoms with E-state index in [1.807, 2.05) is 0 Å². The lowest BCUT2D eigenvalue weighted by Crippen LogP contribution is -2.11. The van der Waals surface area contributed by atoms with Gasteiger partial charge in [-0.05, 0) is 236 Å². The Morgan fingerprint density at radius 1 is 0.323 bits per heavy atom. The van der Waals surface area contributed by atoms with E-state index in [2.05, 4.69) is 219 Å². The second-order valence-corrected chi connectivity index (χ2v) is 19.2. The van der Waals surface area contributed by atoms with Crippen LogP contribution >= 0.6 is 0 Å². The number of nitrogens with zero attached hydrogens (tertiary/aromatic N) is 2. The molecule has 65 heavy (non-hydrogen) atoms. The van der Waals surface area contributed by atoms with E-state index in [1.165, 1.54) is 60.8 Å². The number of hydrogen-bond acceptors (Lipinski definition) is 4. The van der Waals surface area contributed by atoms with Crippen LogP contribution in [0, 0.1) is 55.4 Å². The number of hydrogen-bond donors (Lipinski definition) is 0. The van der Waals surface area contributed by atoms with E-state index in [1.54, 1.807) is 0 Å². The zero-order valence-corrected chi connectivity index (χ0v) is 39.1. The molecule has 0 atom stereocenters. The average molecular weight is 847 g/mol. The third-order valence-corrected chi connectivity index (χ3v) is 13.1. The fraction of sp³-hybridized carbons (Fsp3) is 0.180. The zero-order chi connectivity index (χ0) is 45.0. The lowest BCUT2D eigenvalue weighted by atomic mass is 9.94.